The summed E-state index contributed by atoms with van der Waals surface area (Å²) in [4.78, 5) is 39.5. The van der Waals surface area contributed by atoms with Gasteiger partial charge >= 0.3 is 6.03 Å². The standard InChI is InChI=1S/C22H21N7O5/c1-13(14-6-7-17-18(8-14)34-12-33-17)24-19(30)10-28-20(31)22(2,25-21(28)32)15-4-3-5-16(9-15)29-11-23-26-27-29/h3-9,11,13H,10,12H2,1-2H3,(H,24,30)(H,25,32)/t13-,22-/m0/s1. The largest absolute Gasteiger partial charge is 0.454 e. The normalized spacial score (nSPS) is 19.8. The fraction of sp³-hybridized carbons (Fsp3) is 0.273. The molecular formula is C22H21N7O5. The zero-order valence-electron chi connectivity index (χ0n) is 18.4. The number of nitrogens with one attached hydrogen (secondary N) is 2. The van der Waals surface area contributed by atoms with E-state index in [0.29, 0.717) is 22.7 Å². The SMILES string of the molecule is C[C@H](NC(=O)CN1C(=O)N[C@@](C)(c2cccc(-n3cnnn3)c2)C1=O)c1ccc2c(c1)OCO2. The second kappa shape index (κ2) is 8.14. The van der Waals surface area contributed by atoms with Crippen molar-refractivity contribution in [3.05, 3.63) is 59.9 Å². The van der Waals surface area contributed by atoms with Gasteiger partial charge in [-0.05, 0) is 59.7 Å². The molecule has 1 aromatic heterocycles. The summed E-state index contributed by atoms with van der Waals surface area (Å²) < 4.78 is 12.1. The molecule has 0 aliphatic carbocycles. The minimum absolute atomic E-state index is 0.156. The molecule has 2 aliphatic rings. The maximum Gasteiger partial charge on any atom is 0.325 e. The molecule has 0 radical (unpaired) electrons. The number of urea groups is 1. The van der Waals surface area contributed by atoms with Gasteiger partial charge in [0, 0.05) is 0 Å². The van der Waals surface area contributed by atoms with Crippen LogP contribution in [0.1, 0.15) is 31.0 Å². The molecule has 2 aromatic carbocycles. The lowest BCUT2D eigenvalue weighted by molar-refractivity contribution is -0.135. The van der Waals surface area contributed by atoms with Gasteiger partial charge in [0.05, 0.1) is 11.7 Å². The minimum Gasteiger partial charge on any atom is -0.454 e. The quantitative estimate of drug-likeness (QED) is 0.517. The second-order valence-corrected chi connectivity index (χ2v) is 8.15. The van der Waals surface area contributed by atoms with E-state index < -0.39 is 29.9 Å². The highest BCUT2D eigenvalue weighted by Gasteiger charge is 2.49. The summed E-state index contributed by atoms with van der Waals surface area (Å²) in [5, 5.41) is 16.6. The Kier molecular flexibility index (Phi) is 5.11. The van der Waals surface area contributed by atoms with Gasteiger partial charge in [-0.2, -0.15) is 0 Å². The van der Waals surface area contributed by atoms with Crippen LogP contribution in [0.5, 0.6) is 11.5 Å². The first-order chi connectivity index (χ1) is 16.3. The molecule has 0 spiro atoms. The van der Waals surface area contributed by atoms with Crippen LogP contribution in [0.15, 0.2) is 48.8 Å². The number of hydrogen-bond donors (Lipinski definition) is 2. The molecule has 2 aliphatic heterocycles. The summed E-state index contributed by atoms with van der Waals surface area (Å²) in [7, 11) is 0. The molecule has 12 heteroatoms. The second-order valence-electron chi connectivity index (χ2n) is 8.15. The van der Waals surface area contributed by atoms with Gasteiger partial charge in [-0.1, -0.05) is 18.2 Å². The molecule has 0 bridgehead atoms. The molecule has 174 valence electrons. The van der Waals surface area contributed by atoms with E-state index in [9.17, 15) is 14.4 Å². The smallest absolute Gasteiger partial charge is 0.325 e. The number of carbonyl (C=O) groups is 3. The first-order valence-corrected chi connectivity index (χ1v) is 10.5. The Morgan fingerprint density at radius 1 is 1.21 bits per heavy atom. The van der Waals surface area contributed by atoms with Crippen LogP contribution in [-0.2, 0) is 15.1 Å². The summed E-state index contributed by atoms with van der Waals surface area (Å²) in [5.74, 6) is 0.245. The number of rotatable bonds is 6. The van der Waals surface area contributed by atoms with Crippen LogP contribution < -0.4 is 20.1 Å². The van der Waals surface area contributed by atoms with Crippen LogP contribution in [0, 0.1) is 0 Å². The highest BCUT2D eigenvalue weighted by molar-refractivity contribution is 6.09. The fourth-order valence-electron chi connectivity index (χ4n) is 3.97. The Morgan fingerprint density at radius 2 is 2.03 bits per heavy atom. The molecule has 12 nitrogen and oxygen atoms in total. The van der Waals surface area contributed by atoms with Gasteiger partial charge in [0.1, 0.15) is 18.4 Å². The molecule has 2 atom stereocenters. The summed E-state index contributed by atoms with van der Waals surface area (Å²) in [6, 6.07) is 11.3. The number of benzene rings is 2. The molecule has 5 rings (SSSR count). The third-order valence-electron chi connectivity index (χ3n) is 5.89. The van der Waals surface area contributed by atoms with Gasteiger partial charge in [0.25, 0.3) is 5.91 Å². The van der Waals surface area contributed by atoms with Crippen molar-refractivity contribution in [1.29, 1.82) is 0 Å². The van der Waals surface area contributed by atoms with Crippen LogP contribution in [-0.4, -0.2) is 56.3 Å². The van der Waals surface area contributed by atoms with Crippen molar-refractivity contribution in [3.8, 4) is 17.2 Å². The molecule has 1 fully saturated rings. The van der Waals surface area contributed by atoms with Crippen LogP contribution in [0.4, 0.5) is 4.79 Å². The van der Waals surface area contributed by atoms with E-state index in [2.05, 4.69) is 26.2 Å². The molecule has 34 heavy (non-hydrogen) atoms. The van der Waals surface area contributed by atoms with E-state index in [1.54, 1.807) is 50.2 Å². The minimum atomic E-state index is -1.34. The zero-order valence-corrected chi connectivity index (χ0v) is 18.4. The topological polar surface area (TPSA) is 141 Å². The van der Waals surface area contributed by atoms with Crippen LogP contribution >= 0.6 is 0 Å². The third-order valence-corrected chi connectivity index (χ3v) is 5.89. The van der Waals surface area contributed by atoms with E-state index in [-0.39, 0.29) is 12.8 Å². The van der Waals surface area contributed by atoms with Gasteiger partial charge < -0.3 is 20.1 Å². The lowest BCUT2D eigenvalue weighted by Gasteiger charge is -2.23. The van der Waals surface area contributed by atoms with E-state index >= 15 is 0 Å². The number of hydrogen-bond acceptors (Lipinski definition) is 8. The number of nitrogens with zero attached hydrogens (tertiary/aromatic N) is 5. The first kappa shape index (κ1) is 21.4. The molecule has 3 aromatic rings. The van der Waals surface area contributed by atoms with Crippen molar-refractivity contribution in [1.82, 2.24) is 35.7 Å². The lowest BCUT2D eigenvalue weighted by atomic mass is 9.91. The van der Waals surface area contributed by atoms with Crippen molar-refractivity contribution in [3.63, 3.8) is 0 Å². The Bertz CT molecular complexity index is 1280. The summed E-state index contributed by atoms with van der Waals surface area (Å²) >= 11 is 0. The summed E-state index contributed by atoms with van der Waals surface area (Å²) in [6.45, 7) is 3.14. The first-order valence-electron chi connectivity index (χ1n) is 10.5. The maximum atomic E-state index is 13.2. The van der Waals surface area contributed by atoms with Gasteiger partial charge in [0.15, 0.2) is 11.5 Å². The van der Waals surface area contributed by atoms with Crippen molar-refractivity contribution < 1.29 is 23.9 Å². The van der Waals surface area contributed by atoms with Gasteiger partial charge in [-0.15, -0.1) is 5.10 Å². The predicted molar refractivity (Wildman–Crippen MR) is 116 cm³/mol. The Hall–Kier alpha value is -4.48. The highest BCUT2D eigenvalue weighted by atomic mass is 16.7. The molecule has 3 heterocycles. The fourth-order valence-corrected chi connectivity index (χ4v) is 3.97. The number of ether oxygens (including phenoxy) is 2. The number of aromatic nitrogens is 4. The van der Waals surface area contributed by atoms with Gasteiger partial charge in [0.2, 0.25) is 12.7 Å². The Morgan fingerprint density at radius 3 is 2.82 bits per heavy atom. The van der Waals surface area contributed by atoms with Crippen LogP contribution in [0.2, 0.25) is 0 Å². The average Bonchev–Trinajstić information content (AvgIpc) is 3.57. The van der Waals surface area contributed by atoms with E-state index in [1.807, 2.05) is 6.07 Å². The molecule has 4 amide bonds. The van der Waals surface area contributed by atoms with Gasteiger partial charge in [-0.3, -0.25) is 14.5 Å². The van der Waals surface area contributed by atoms with Crippen LogP contribution in [0.3, 0.4) is 0 Å². The van der Waals surface area contributed by atoms with E-state index in [1.165, 1.54) is 11.0 Å². The van der Waals surface area contributed by atoms with Gasteiger partial charge in [-0.25, -0.2) is 9.48 Å². The molecule has 0 unspecified atom stereocenters. The zero-order chi connectivity index (χ0) is 23.9. The van der Waals surface area contributed by atoms with E-state index in [0.717, 1.165) is 10.5 Å². The highest BCUT2D eigenvalue weighted by Crippen LogP contribution is 2.34. The molecular weight excluding hydrogens is 442 g/mol. The lowest BCUT2D eigenvalue weighted by Crippen LogP contribution is -2.43. The maximum absolute atomic E-state index is 13.2. The summed E-state index contributed by atoms with van der Waals surface area (Å²) in [5.41, 5.74) is 0.624. The van der Waals surface area contributed by atoms with Crippen molar-refractivity contribution >= 4 is 17.8 Å². The van der Waals surface area contributed by atoms with Crippen molar-refractivity contribution in [2.75, 3.05) is 13.3 Å². The Balaban J connectivity index is 1.29. The molecule has 2 N–H and O–H groups in total. The molecule has 1 saturated heterocycles. The van der Waals surface area contributed by atoms with Crippen LogP contribution in [0.25, 0.3) is 5.69 Å². The predicted octanol–water partition coefficient (Wildman–Crippen LogP) is 1.04. The number of tetrazole rings is 1. The average molecular weight is 463 g/mol. The summed E-state index contributed by atoms with van der Waals surface area (Å²) in [6.07, 6.45) is 1.43. The van der Waals surface area contributed by atoms with Crippen molar-refractivity contribution in [2.24, 2.45) is 0 Å². The van der Waals surface area contributed by atoms with E-state index in [4.69, 9.17) is 9.47 Å². The number of carbonyl (C=O) groups excluding carboxylic acids is 3. The number of amides is 4. The third kappa shape index (κ3) is 3.68. The number of fused-ring (bicyclic) bond motifs is 1. The Labute approximate surface area is 193 Å². The monoisotopic (exact) mass is 463 g/mol. The number of imide groups is 1. The van der Waals surface area contributed by atoms with Crippen molar-refractivity contribution in [2.45, 2.75) is 25.4 Å². The molecule has 0 saturated carbocycles.